The number of carbonyl (C=O) groups is 1. The summed E-state index contributed by atoms with van der Waals surface area (Å²) in [5.74, 6) is 0.565. The zero-order chi connectivity index (χ0) is 9.84. The molecule has 0 unspecified atom stereocenters. The molecule has 1 rings (SSSR count). The maximum Gasteiger partial charge on any atom is 0.186 e. The number of hydrogen-bond donors (Lipinski definition) is 1. The third kappa shape index (κ3) is 3.10. The van der Waals surface area contributed by atoms with Gasteiger partial charge in [-0.15, -0.1) is 11.3 Å². The summed E-state index contributed by atoms with van der Waals surface area (Å²) in [5.41, 5.74) is 0.838. The highest BCUT2D eigenvalue weighted by atomic mass is 32.2. The van der Waals surface area contributed by atoms with Gasteiger partial charge in [0.2, 0.25) is 0 Å². The lowest BCUT2D eigenvalue weighted by Crippen LogP contribution is -1.91. The first-order chi connectivity index (χ1) is 6.13. The Morgan fingerprint density at radius 1 is 1.69 bits per heavy atom. The van der Waals surface area contributed by atoms with Gasteiger partial charge < -0.3 is 5.11 Å². The maximum atomic E-state index is 10.7. The molecule has 0 aromatic carbocycles. The van der Waals surface area contributed by atoms with Gasteiger partial charge in [0.05, 0.1) is 22.2 Å². The predicted molar refractivity (Wildman–Crippen MR) is 54.7 cm³/mol. The van der Waals surface area contributed by atoms with Crippen molar-refractivity contribution in [3.63, 3.8) is 0 Å². The van der Waals surface area contributed by atoms with Crippen LogP contribution in [0.15, 0.2) is 0 Å². The molecule has 0 aliphatic heterocycles. The monoisotopic (exact) mass is 217 g/mol. The van der Waals surface area contributed by atoms with Gasteiger partial charge in [-0.25, -0.2) is 4.98 Å². The minimum atomic E-state index is 0.0132. The Balaban J connectivity index is 2.69. The van der Waals surface area contributed by atoms with Gasteiger partial charge in [0.1, 0.15) is 0 Å². The fourth-order valence-corrected chi connectivity index (χ4v) is 2.40. The van der Waals surface area contributed by atoms with Gasteiger partial charge in [0, 0.05) is 12.7 Å². The lowest BCUT2D eigenvalue weighted by atomic mass is 10.4. The number of aliphatic hydroxyl groups excluding tert-OH is 1. The summed E-state index contributed by atoms with van der Waals surface area (Å²) >= 11 is 2.70. The third-order valence-electron chi connectivity index (χ3n) is 1.44. The van der Waals surface area contributed by atoms with Crippen molar-refractivity contribution in [2.45, 2.75) is 26.2 Å². The predicted octanol–water partition coefficient (Wildman–Crippen LogP) is 1.72. The van der Waals surface area contributed by atoms with E-state index in [1.54, 1.807) is 0 Å². The van der Waals surface area contributed by atoms with Gasteiger partial charge >= 0.3 is 0 Å². The average molecular weight is 217 g/mol. The number of hydrogen-bond acceptors (Lipinski definition) is 5. The second-order valence-electron chi connectivity index (χ2n) is 2.54. The minimum absolute atomic E-state index is 0.0132. The molecule has 72 valence electrons. The molecule has 0 amide bonds. The van der Waals surface area contributed by atoms with Crippen LogP contribution in [0.5, 0.6) is 0 Å². The van der Waals surface area contributed by atoms with Crippen LogP contribution in [0.25, 0.3) is 0 Å². The molecule has 1 N–H and O–H groups in total. The smallest absolute Gasteiger partial charge is 0.186 e. The summed E-state index contributed by atoms with van der Waals surface area (Å²) < 4.78 is 0. The summed E-state index contributed by atoms with van der Waals surface area (Å²) in [5, 5.41) is 9.99. The number of aromatic nitrogens is 1. The van der Waals surface area contributed by atoms with Crippen LogP contribution < -0.4 is 0 Å². The first-order valence-electron chi connectivity index (χ1n) is 3.83. The molecule has 0 aliphatic carbocycles. The normalized spacial score (nSPS) is 10.4. The van der Waals surface area contributed by atoms with E-state index in [1.165, 1.54) is 30.0 Å². The van der Waals surface area contributed by atoms with E-state index in [1.807, 2.05) is 6.92 Å². The Bertz CT molecular complexity index is 309. The molecule has 0 radical (unpaired) electrons. The zero-order valence-electron chi connectivity index (χ0n) is 7.53. The van der Waals surface area contributed by atoms with Crippen molar-refractivity contribution in [1.82, 2.24) is 4.98 Å². The molecule has 5 heteroatoms. The van der Waals surface area contributed by atoms with Crippen molar-refractivity contribution in [2.75, 3.05) is 0 Å². The van der Waals surface area contributed by atoms with Crippen molar-refractivity contribution < 1.29 is 9.90 Å². The lowest BCUT2D eigenvalue weighted by molar-refractivity contribution is -0.109. The molecule has 0 saturated heterocycles. The van der Waals surface area contributed by atoms with Crippen molar-refractivity contribution in [2.24, 2.45) is 0 Å². The molecule has 3 nitrogen and oxygen atoms in total. The molecule has 1 aromatic heterocycles. The largest absolute Gasteiger partial charge is 0.391 e. The van der Waals surface area contributed by atoms with Crippen molar-refractivity contribution in [3.05, 3.63) is 15.6 Å². The Morgan fingerprint density at radius 2 is 2.38 bits per heavy atom. The van der Waals surface area contributed by atoms with E-state index in [9.17, 15) is 4.79 Å². The number of aliphatic hydroxyl groups is 1. The molecular formula is C8H11NO2S2. The number of thioether (sulfide) groups is 1. The molecule has 0 aliphatic rings. The molecule has 0 saturated carbocycles. The first kappa shape index (κ1) is 10.7. The highest BCUT2D eigenvalue weighted by Gasteiger charge is 2.08. The summed E-state index contributed by atoms with van der Waals surface area (Å²) in [7, 11) is 0. The number of thiazole rings is 1. The second kappa shape index (κ2) is 4.74. The van der Waals surface area contributed by atoms with Gasteiger partial charge in [0.15, 0.2) is 5.12 Å². The Kier molecular flexibility index (Phi) is 3.90. The van der Waals surface area contributed by atoms with Gasteiger partial charge in [-0.05, 0) is 6.92 Å². The van der Waals surface area contributed by atoms with E-state index in [4.69, 9.17) is 5.11 Å². The standard InChI is InChI=1S/C8H11NO2S2/c1-5-9-7(4-12-6(2)11)8(3-10)13-5/h10H,3-4H2,1-2H3. The fraction of sp³-hybridized carbons (Fsp3) is 0.500. The molecule has 13 heavy (non-hydrogen) atoms. The fourth-order valence-electron chi connectivity index (χ4n) is 0.919. The average Bonchev–Trinajstić information content (AvgIpc) is 2.42. The quantitative estimate of drug-likeness (QED) is 0.837. The van der Waals surface area contributed by atoms with Crippen LogP contribution in [0.4, 0.5) is 0 Å². The summed E-state index contributed by atoms with van der Waals surface area (Å²) in [6, 6.07) is 0. The van der Waals surface area contributed by atoms with E-state index >= 15 is 0 Å². The Hall–Kier alpha value is -0.390. The topological polar surface area (TPSA) is 50.2 Å². The van der Waals surface area contributed by atoms with Crippen LogP contribution in [0, 0.1) is 6.92 Å². The molecule has 1 aromatic rings. The van der Waals surface area contributed by atoms with Crippen molar-refractivity contribution >= 4 is 28.2 Å². The maximum absolute atomic E-state index is 10.7. The summed E-state index contributed by atoms with van der Waals surface area (Å²) in [4.78, 5) is 15.8. The highest BCUT2D eigenvalue weighted by Crippen LogP contribution is 2.22. The van der Waals surface area contributed by atoms with Crippen molar-refractivity contribution in [3.8, 4) is 0 Å². The van der Waals surface area contributed by atoms with E-state index in [0.717, 1.165) is 15.6 Å². The van der Waals surface area contributed by atoms with Crippen LogP contribution in [0.3, 0.4) is 0 Å². The van der Waals surface area contributed by atoms with Crippen molar-refractivity contribution in [1.29, 1.82) is 0 Å². The summed E-state index contributed by atoms with van der Waals surface area (Å²) in [6.07, 6.45) is 0. The van der Waals surface area contributed by atoms with E-state index in [-0.39, 0.29) is 11.7 Å². The van der Waals surface area contributed by atoms with Crippen LogP contribution >= 0.6 is 23.1 Å². The number of nitrogens with zero attached hydrogens (tertiary/aromatic N) is 1. The van der Waals surface area contributed by atoms with Crippen LogP contribution in [0.1, 0.15) is 22.5 Å². The van der Waals surface area contributed by atoms with Gasteiger partial charge in [-0.1, -0.05) is 11.8 Å². The third-order valence-corrected chi connectivity index (χ3v) is 3.26. The van der Waals surface area contributed by atoms with Crippen LogP contribution in [-0.2, 0) is 17.2 Å². The number of aryl methyl sites for hydroxylation is 1. The molecule has 0 spiro atoms. The minimum Gasteiger partial charge on any atom is -0.391 e. The molecule has 0 bridgehead atoms. The van der Waals surface area contributed by atoms with E-state index in [2.05, 4.69) is 4.98 Å². The second-order valence-corrected chi connectivity index (χ2v) is 4.98. The lowest BCUT2D eigenvalue weighted by Gasteiger charge is -1.95. The van der Waals surface area contributed by atoms with Crippen LogP contribution in [-0.4, -0.2) is 15.2 Å². The SMILES string of the molecule is CC(=O)SCc1nc(C)sc1CO. The molecule has 0 fully saturated rings. The Morgan fingerprint density at radius 3 is 2.92 bits per heavy atom. The first-order valence-corrected chi connectivity index (χ1v) is 5.63. The zero-order valence-corrected chi connectivity index (χ0v) is 9.17. The van der Waals surface area contributed by atoms with E-state index in [0.29, 0.717) is 5.75 Å². The molecular weight excluding hydrogens is 206 g/mol. The van der Waals surface area contributed by atoms with Gasteiger partial charge in [-0.3, -0.25) is 4.79 Å². The Labute approximate surface area is 85.2 Å². The number of rotatable bonds is 3. The summed E-state index contributed by atoms with van der Waals surface area (Å²) in [6.45, 7) is 3.44. The number of carbonyl (C=O) groups excluding carboxylic acids is 1. The van der Waals surface area contributed by atoms with E-state index < -0.39 is 0 Å². The highest BCUT2D eigenvalue weighted by molar-refractivity contribution is 8.12. The van der Waals surface area contributed by atoms with Gasteiger partial charge in [-0.2, -0.15) is 0 Å². The molecule has 1 heterocycles. The molecule has 0 atom stereocenters. The van der Waals surface area contributed by atoms with Gasteiger partial charge in [0.25, 0.3) is 0 Å². The van der Waals surface area contributed by atoms with Crippen LogP contribution in [0.2, 0.25) is 0 Å².